The lowest BCUT2D eigenvalue weighted by molar-refractivity contribution is -0.0447. The van der Waals surface area contributed by atoms with Crippen LogP contribution in [0.25, 0.3) is 10.9 Å². The highest BCUT2D eigenvalue weighted by Crippen LogP contribution is 2.29. The molecule has 0 saturated carbocycles. The van der Waals surface area contributed by atoms with E-state index in [4.69, 9.17) is 4.74 Å². The van der Waals surface area contributed by atoms with Gasteiger partial charge >= 0.3 is 0 Å². The summed E-state index contributed by atoms with van der Waals surface area (Å²) in [5.41, 5.74) is 2.49. The quantitative estimate of drug-likeness (QED) is 0.722. The molecular formula is C20H19N3O2. The highest BCUT2D eigenvalue weighted by atomic mass is 16.5. The summed E-state index contributed by atoms with van der Waals surface area (Å²) >= 11 is 0. The molecule has 1 saturated heterocycles. The Hall–Kier alpha value is -2.79. The lowest BCUT2D eigenvalue weighted by Crippen LogP contribution is -2.46. The number of nitrogens with zero attached hydrogens (tertiary/aromatic N) is 3. The Morgan fingerprint density at radius 2 is 2.00 bits per heavy atom. The van der Waals surface area contributed by atoms with Gasteiger partial charge in [-0.25, -0.2) is 0 Å². The van der Waals surface area contributed by atoms with Crippen molar-refractivity contribution in [3.8, 4) is 0 Å². The molecule has 3 aromatic rings. The molecule has 4 rings (SSSR count). The number of hydrogen-bond acceptors (Lipinski definition) is 4. The normalized spacial score (nSPS) is 20.6. The summed E-state index contributed by atoms with van der Waals surface area (Å²) in [6.07, 6.45) is 5.08. The standard InChI is InChI=1S/C20H19N3O2/c1-14-12-23(19(13-25-14)15-5-3-2-4-6-15)20(24)16-7-10-22-18-8-9-21-11-17(16)18/h2-11,14,19H,12-13H2,1H3/t14-,19-/m1/s1. The van der Waals surface area contributed by atoms with Gasteiger partial charge < -0.3 is 9.64 Å². The fourth-order valence-electron chi connectivity index (χ4n) is 3.31. The molecular weight excluding hydrogens is 314 g/mol. The van der Waals surface area contributed by atoms with Crippen molar-refractivity contribution < 1.29 is 9.53 Å². The van der Waals surface area contributed by atoms with Crippen molar-refractivity contribution in [3.63, 3.8) is 0 Å². The molecule has 0 bridgehead atoms. The van der Waals surface area contributed by atoms with Gasteiger partial charge in [0.1, 0.15) is 0 Å². The van der Waals surface area contributed by atoms with E-state index in [-0.39, 0.29) is 18.1 Å². The van der Waals surface area contributed by atoms with Gasteiger partial charge in [0.25, 0.3) is 5.91 Å². The second-order valence-corrected chi connectivity index (χ2v) is 6.28. The first-order chi connectivity index (χ1) is 12.2. The number of ether oxygens (including phenoxy) is 1. The summed E-state index contributed by atoms with van der Waals surface area (Å²) in [5, 5.41) is 0.779. The molecule has 5 heteroatoms. The summed E-state index contributed by atoms with van der Waals surface area (Å²) < 4.78 is 5.83. The fraction of sp³-hybridized carbons (Fsp3) is 0.250. The summed E-state index contributed by atoms with van der Waals surface area (Å²) in [4.78, 5) is 23.7. The van der Waals surface area contributed by atoms with Gasteiger partial charge in [-0.15, -0.1) is 0 Å². The van der Waals surface area contributed by atoms with Crippen LogP contribution < -0.4 is 0 Å². The van der Waals surface area contributed by atoms with Gasteiger partial charge in [-0.2, -0.15) is 0 Å². The third kappa shape index (κ3) is 2.98. The van der Waals surface area contributed by atoms with Crippen LogP contribution in [0.4, 0.5) is 0 Å². The number of carbonyl (C=O) groups excluding carboxylic acids is 1. The van der Waals surface area contributed by atoms with Crippen molar-refractivity contribution in [2.24, 2.45) is 0 Å². The van der Waals surface area contributed by atoms with Crippen LogP contribution in [0.15, 0.2) is 61.1 Å². The second kappa shape index (κ2) is 6.61. The predicted octanol–water partition coefficient (Wildman–Crippen LogP) is 3.23. The number of aromatic nitrogens is 2. The van der Waals surface area contributed by atoms with Crippen LogP contribution in [-0.2, 0) is 4.74 Å². The van der Waals surface area contributed by atoms with E-state index in [9.17, 15) is 4.79 Å². The molecule has 2 aromatic heterocycles. The Kier molecular flexibility index (Phi) is 4.15. The molecule has 1 aliphatic rings. The van der Waals surface area contributed by atoms with Crippen molar-refractivity contribution in [1.82, 2.24) is 14.9 Å². The van der Waals surface area contributed by atoms with Gasteiger partial charge in [-0.05, 0) is 24.6 Å². The number of fused-ring (bicyclic) bond motifs is 1. The Morgan fingerprint density at radius 3 is 2.84 bits per heavy atom. The molecule has 3 heterocycles. The average Bonchev–Trinajstić information content (AvgIpc) is 2.67. The van der Waals surface area contributed by atoms with E-state index in [0.717, 1.165) is 16.5 Å². The molecule has 0 radical (unpaired) electrons. The van der Waals surface area contributed by atoms with Crippen LogP contribution in [0.1, 0.15) is 28.9 Å². The number of carbonyl (C=O) groups is 1. The van der Waals surface area contributed by atoms with Crippen molar-refractivity contribution in [1.29, 1.82) is 0 Å². The summed E-state index contributed by atoms with van der Waals surface area (Å²) in [5.74, 6) is -0.00981. The minimum Gasteiger partial charge on any atom is -0.374 e. The van der Waals surface area contributed by atoms with E-state index >= 15 is 0 Å². The molecule has 25 heavy (non-hydrogen) atoms. The average molecular weight is 333 g/mol. The second-order valence-electron chi connectivity index (χ2n) is 6.28. The molecule has 0 aliphatic carbocycles. The zero-order valence-electron chi connectivity index (χ0n) is 14.0. The number of benzene rings is 1. The number of pyridine rings is 2. The Balaban J connectivity index is 1.75. The van der Waals surface area contributed by atoms with E-state index in [1.54, 1.807) is 24.7 Å². The monoisotopic (exact) mass is 333 g/mol. The SMILES string of the molecule is C[C@@H]1CN(C(=O)c2ccnc3ccncc23)[C@@H](c2ccccc2)CO1. The zero-order chi connectivity index (χ0) is 17.2. The smallest absolute Gasteiger partial charge is 0.255 e. The number of amides is 1. The predicted molar refractivity (Wildman–Crippen MR) is 95.2 cm³/mol. The third-order valence-electron chi connectivity index (χ3n) is 4.59. The first-order valence-corrected chi connectivity index (χ1v) is 8.40. The largest absolute Gasteiger partial charge is 0.374 e. The third-order valence-corrected chi connectivity index (χ3v) is 4.59. The van der Waals surface area contributed by atoms with Crippen molar-refractivity contribution in [2.45, 2.75) is 19.1 Å². The minimum atomic E-state index is -0.0928. The van der Waals surface area contributed by atoms with E-state index in [2.05, 4.69) is 9.97 Å². The number of hydrogen-bond donors (Lipinski definition) is 0. The molecule has 5 nitrogen and oxygen atoms in total. The molecule has 0 spiro atoms. The lowest BCUT2D eigenvalue weighted by atomic mass is 10.0. The maximum atomic E-state index is 13.4. The number of rotatable bonds is 2. The Morgan fingerprint density at radius 1 is 1.16 bits per heavy atom. The zero-order valence-corrected chi connectivity index (χ0v) is 14.0. The minimum absolute atomic E-state index is 0.00939. The van der Waals surface area contributed by atoms with Gasteiger partial charge in [-0.3, -0.25) is 14.8 Å². The first-order valence-electron chi connectivity index (χ1n) is 8.40. The van der Waals surface area contributed by atoms with Crippen molar-refractivity contribution in [3.05, 3.63) is 72.2 Å². The molecule has 126 valence electrons. The van der Waals surface area contributed by atoms with Gasteiger partial charge in [0.05, 0.1) is 29.8 Å². The summed E-state index contributed by atoms with van der Waals surface area (Å²) in [7, 11) is 0. The molecule has 0 unspecified atom stereocenters. The molecule has 1 fully saturated rings. The Labute approximate surface area is 146 Å². The molecule has 2 atom stereocenters. The molecule has 1 aliphatic heterocycles. The van der Waals surface area contributed by atoms with Crippen LogP contribution in [-0.4, -0.2) is 40.0 Å². The van der Waals surface area contributed by atoms with E-state index < -0.39 is 0 Å². The van der Waals surface area contributed by atoms with E-state index in [1.807, 2.05) is 48.2 Å². The van der Waals surface area contributed by atoms with E-state index in [0.29, 0.717) is 18.7 Å². The van der Waals surface area contributed by atoms with Gasteiger partial charge in [0, 0.05) is 30.5 Å². The summed E-state index contributed by atoms with van der Waals surface area (Å²) in [6, 6.07) is 13.5. The van der Waals surface area contributed by atoms with E-state index in [1.165, 1.54) is 0 Å². The lowest BCUT2D eigenvalue weighted by Gasteiger charge is -2.39. The van der Waals surface area contributed by atoms with Crippen LogP contribution in [0.2, 0.25) is 0 Å². The van der Waals surface area contributed by atoms with Gasteiger partial charge in [-0.1, -0.05) is 30.3 Å². The molecule has 1 aromatic carbocycles. The van der Waals surface area contributed by atoms with Gasteiger partial charge in [0.15, 0.2) is 0 Å². The fourth-order valence-corrected chi connectivity index (χ4v) is 3.31. The van der Waals surface area contributed by atoms with Crippen molar-refractivity contribution in [2.75, 3.05) is 13.2 Å². The highest BCUT2D eigenvalue weighted by molar-refractivity contribution is 6.05. The maximum Gasteiger partial charge on any atom is 0.255 e. The van der Waals surface area contributed by atoms with Crippen LogP contribution >= 0.6 is 0 Å². The van der Waals surface area contributed by atoms with Crippen LogP contribution in [0, 0.1) is 0 Å². The number of morpholine rings is 1. The van der Waals surface area contributed by atoms with Crippen molar-refractivity contribution >= 4 is 16.8 Å². The highest BCUT2D eigenvalue weighted by Gasteiger charge is 2.32. The topological polar surface area (TPSA) is 55.3 Å². The molecule has 1 amide bonds. The van der Waals surface area contributed by atoms with Gasteiger partial charge in [0.2, 0.25) is 0 Å². The Bertz CT molecular complexity index is 892. The molecule has 0 N–H and O–H groups in total. The van der Waals surface area contributed by atoms with Crippen LogP contribution in [0.3, 0.4) is 0 Å². The maximum absolute atomic E-state index is 13.4. The first kappa shape index (κ1) is 15.7. The van der Waals surface area contributed by atoms with Crippen LogP contribution in [0.5, 0.6) is 0 Å². The summed E-state index contributed by atoms with van der Waals surface area (Å²) in [6.45, 7) is 3.05.